The maximum atomic E-state index is 14.6. The van der Waals surface area contributed by atoms with E-state index in [1.54, 1.807) is 30.3 Å². The summed E-state index contributed by atoms with van der Waals surface area (Å²) in [5.41, 5.74) is 0.457. The van der Waals surface area contributed by atoms with Gasteiger partial charge in [0.1, 0.15) is 40.2 Å². The number of H-pyrrole nitrogens is 1. The van der Waals surface area contributed by atoms with Crippen LogP contribution in [0.1, 0.15) is 25.2 Å². The zero-order valence-electron chi connectivity index (χ0n) is 17.6. The van der Waals surface area contributed by atoms with Gasteiger partial charge in [0.05, 0.1) is 17.2 Å². The topological polar surface area (TPSA) is 106 Å². The molecule has 0 fully saturated rings. The van der Waals surface area contributed by atoms with Crippen LogP contribution in [0.5, 0.6) is 0 Å². The number of hydrogen-bond donors (Lipinski definition) is 2. The normalized spacial score (nSPS) is 12.2. The molecule has 0 bridgehead atoms. The Hall–Kier alpha value is -4.40. The van der Waals surface area contributed by atoms with Gasteiger partial charge in [0, 0.05) is 12.3 Å². The van der Waals surface area contributed by atoms with E-state index in [1.807, 2.05) is 13.0 Å². The molecule has 0 saturated heterocycles. The molecule has 3 aromatic heterocycles. The zero-order chi connectivity index (χ0) is 22.9. The Labute approximate surface area is 186 Å². The summed E-state index contributed by atoms with van der Waals surface area (Å²) in [6.07, 6.45) is 3.38. The van der Waals surface area contributed by atoms with Gasteiger partial charge in [-0.25, -0.2) is 19.3 Å². The molecule has 164 valence electrons. The summed E-state index contributed by atoms with van der Waals surface area (Å²) in [6, 6.07) is 14.2. The van der Waals surface area contributed by atoms with E-state index in [2.05, 4.69) is 25.3 Å². The van der Waals surface area contributed by atoms with Gasteiger partial charge in [-0.1, -0.05) is 31.2 Å². The summed E-state index contributed by atoms with van der Waals surface area (Å²) < 4.78 is 16.0. The molecule has 33 heavy (non-hydrogen) atoms. The van der Waals surface area contributed by atoms with E-state index >= 15 is 0 Å². The van der Waals surface area contributed by atoms with Crippen LogP contribution in [-0.4, -0.2) is 24.5 Å². The number of rotatable bonds is 5. The minimum atomic E-state index is -0.629. The first-order chi connectivity index (χ1) is 16.1. The first-order valence-corrected chi connectivity index (χ1v) is 10.4. The van der Waals surface area contributed by atoms with E-state index in [0.29, 0.717) is 34.8 Å². The van der Waals surface area contributed by atoms with E-state index in [1.165, 1.54) is 35.3 Å². The molecular weight excluding hydrogens is 423 g/mol. The van der Waals surface area contributed by atoms with Crippen LogP contribution in [0.3, 0.4) is 0 Å². The Morgan fingerprint density at radius 1 is 1.03 bits per heavy atom. The molecule has 2 N–H and O–H groups in total. The van der Waals surface area contributed by atoms with Gasteiger partial charge in [-0.3, -0.25) is 14.2 Å². The van der Waals surface area contributed by atoms with Crippen molar-refractivity contribution in [1.82, 2.24) is 24.5 Å². The average molecular weight is 442 g/mol. The molecule has 0 radical (unpaired) electrons. The zero-order valence-corrected chi connectivity index (χ0v) is 17.6. The number of anilines is 1. The number of para-hydroxylation sites is 1. The van der Waals surface area contributed by atoms with E-state index < -0.39 is 17.4 Å². The van der Waals surface area contributed by atoms with E-state index in [9.17, 15) is 14.0 Å². The third-order valence-corrected chi connectivity index (χ3v) is 5.47. The van der Waals surface area contributed by atoms with Crippen molar-refractivity contribution in [2.45, 2.75) is 19.4 Å². The van der Waals surface area contributed by atoms with E-state index in [0.717, 1.165) is 0 Å². The maximum absolute atomic E-state index is 14.6. The highest BCUT2D eigenvalue weighted by molar-refractivity contribution is 5.86. The molecule has 0 aliphatic carbocycles. The molecule has 8 nitrogen and oxygen atoms in total. The van der Waals surface area contributed by atoms with Gasteiger partial charge in [-0.2, -0.15) is 0 Å². The smallest absolute Gasteiger partial charge is 0.269 e. The Kier molecular flexibility index (Phi) is 5.14. The van der Waals surface area contributed by atoms with E-state index in [4.69, 9.17) is 0 Å². The van der Waals surface area contributed by atoms with Crippen LogP contribution in [0.25, 0.3) is 27.6 Å². The predicted octanol–water partition coefficient (Wildman–Crippen LogP) is 3.72. The number of fused-ring (bicyclic) bond motifs is 2. The summed E-state index contributed by atoms with van der Waals surface area (Å²) in [5.74, 6) is 0.0726. The molecule has 2 aromatic carbocycles. The van der Waals surface area contributed by atoms with Gasteiger partial charge in [0.15, 0.2) is 5.43 Å². The van der Waals surface area contributed by atoms with Crippen molar-refractivity contribution < 1.29 is 4.39 Å². The first-order valence-electron chi connectivity index (χ1n) is 10.4. The molecule has 0 spiro atoms. The fraction of sp³-hybridized carbons (Fsp3) is 0.125. The number of halogens is 1. The lowest BCUT2D eigenvalue weighted by Gasteiger charge is -2.22. The predicted molar refractivity (Wildman–Crippen MR) is 124 cm³/mol. The van der Waals surface area contributed by atoms with Crippen LogP contribution < -0.4 is 16.3 Å². The highest BCUT2D eigenvalue weighted by Gasteiger charge is 2.23. The highest BCUT2D eigenvalue weighted by Crippen LogP contribution is 2.26. The van der Waals surface area contributed by atoms with Gasteiger partial charge in [-0.05, 0) is 30.7 Å². The number of aromatic amines is 1. The summed E-state index contributed by atoms with van der Waals surface area (Å²) in [6.45, 7) is 1.92. The van der Waals surface area contributed by atoms with E-state index in [-0.39, 0.29) is 16.3 Å². The Morgan fingerprint density at radius 3 is 2.64 bits per heavy atom. The summed E-state index contributed by atoms with van der Waals surface area (Å²) in [4.78, 5) is 42.0. The van der Waals surface area contributed by atoms with Crippen LogP contribution in [0.2, 0.25) is 0 Å². The van der Waals surface area contributed by atoms with Crippen molar-refractivity contribution in [3.63, 3.8) is 0 Å². The molecule has 5 aromatic rings. The van der Waals surface area contributed by atoms with Gasteiger partial charge in [0.25, 0.3) is 5.56 Å². The van der Waals surface area contributed by atoms with Crippen LogP contribution in [0, 0.1) is 5.82 Å². The number of nitrogens with one attached hydrogen (secondary N) is 2. The van der Waals surface area contributed by atoms with Gasteiger partial charge in [0.2, 0.25) is 0 Å². The third-order valence-electron chi connectivity index (χ3n) is 5.47. The summed E-state index contributed by atoms with van der Waals surface area (Å²) in [5, 5.41) is 3.48. The molecule has 0 saturated carbocycles. The Morgan fingerprint density at radius 2 is 1.85 bits per heavy atom. The van der Waals surface area contributed by atoms with Crippen molar-refractivity contribution in [3.05, 3.63) is 99.3 Å². The van der Waals surface area contributed by atoms with Crippen molar-refractivity contribution in [2.75, 3.05) is 5.32 Å². The number of pyridine rings is 1. The van der Waals surface area contributed by atoms with Crippen molar-refractivity contribution >= 4 is 27.8 Å². The Balaban J connectivity index is 1.75. The van der Waals surface area contributed by atoms with Crippen LogP contribution in [-0.2, 0) is 0 Å². The van der Waals surface area contributed by atoms with Crippen LogP contribution >= 0.6 is 0 Å². The largest absolute Gasteiger partial charge is 0.359 e. The van der Waals surface area contributed by atoms with Crippen molar-refractivity contribution in [2.24, 2.45) is 0 Å². The molecule has 1 atom stereocenters. The second-order valence-electron chi connectivity index (χ2n) is 7.47. The number of hydrogen-bond acceptors (Lipinski definition) is 6. The molecule has 9 heteroatoms. The third kappa shape index (κ3) is 3.53. The molecule has 5 rings (SSSR count). The van der Waals surface area contributed by atoms with Crippen LogP contribution in [0.15, 0.2) is 76.7 Å². The van der Waals surface area contributed by atoms with Gasteiger partial charge < -0.3 is 10.3 Å². The lowest BCUT2D eigenvalue weighted by molar-refractivity contribution is 0.630. The molecule has 1 unspecified atom stereocenters. The number of aromatic nitrogens is 5. The highest BCUT2D eigenvalue weighted by atomic mass is 19.1. The molecular formula is C24H19FN6O2. The fourth-order valence-electron chi connectivity index (χ4n) is 3.90. The maximum Gasteiger partial charge on any atom is 0.269 e. The van der Waals surface area contributed by atoms with Crippen molar-refractivity contribution in [3.8, 4) is 5.69 Å². The monoisotopic (exact) mass is 442 g/mol. The standard InChI is InChI=1S/C24H19FN6O2/c1-2-16(29-22-20-18(32)11-12-26-21(20)27-13-28-22)23-30-17-10-6-9-15(25)19(17)24(33)31(23)14-7-4-3-5-8-14/h3-13,16H,2H2,1H3,(H2,26,27,28,29,32). The second-order valence-corrected chi connectivity index (χ2v) is 7.47. The molecule has 0 amide bonds. The Bertz CT molecular complexity index is 1590. The molecule has 0 aliphatic heterocycles. The second kappa shape index (κ2) is 8.27. The summed E-state index contributed by atoms with van der Waals surface area (Å²) in [7, 11) is 0. The minimum absolute atomic E-state index is 0.0797. The average Bonchev–Trinajstić information content (AvgIpc) is 2.83. The quantitative estimate of drug-likeness (QED) is 0.430. The fourth-order valence-corrected chi connectivity index (χ4v) is 3.90. The van der Waals surface area contributed by atoms with Crippen molar-refractivity contribution in [1.29, 1.82) is 0 Å². The summed E-state index contributed by atoms with van der Waals surface area (Å²) >= 11 is 0. The first kappa shape index (κ1) is 20.5. The lowest BCUT2D eigenvalue weighted by Crippen LogP contribution is -2.29. The minimum Gasteiger partial charge on any atom is -0.359 e. The number of nitrogens with zero attached hydrogens (tertiary/aromatic N) is 4. The SMILES string of the molecule is CCC(Nc1ncnc2[nH]ccc(=O)c12)c1nc2cccc(F)c2c(=O)n1-c1ccccc1. The number of benzene rings is 2. The van der Waals surface area contributed by atoms with Gasteiger partial charge in [-0.15, -0.1) is 0 Å². The molecule has 3 heterocycles. The molecule has 0 aliphatic rings. The van der Waals surface area contributed by atoms with Crippen LogP contribution in [0.4, 0.5) is 10.2 Å². The van der Waals surface area contributed by atoms with Gasteiger partial charge >= 0.3 is 0 Å². The lowest BCUT2D eigenvalue weighted by atomic mass is 10.1.